The van der Waals surface area contributed by atoms with E-state index < -0.39 is 6.04 Å². The van der Waals surface area contributed by atoms with Crippen molar-refractivity contribution in [1.29, 1.82) is 0 Å². The molecule has 5 nitrogen and oxygen atoms in total. The number of halogens is 2. The van der Waals surface area contributed by atoms with Crippen molar-refractivity contribution >= 4 is 35.0 Å². The van der Waals surface area contributed by atoms with Crippen LogP contribution in [0.4, 0.5) is 0 Å². The van der Waals surface area contributed by atoms with E-state index in [2.05, 4.69) is 17.1 Å². The maximum absolute atomic E-state index is 12.9. The monoisotopic (exact) mass is 439 g/mol. The van der Waals surface area contributed by atoms with Crippen LogP contribution in [-0.4, -0.2) is 60.4 Å². The molecule has 160 valence electrons. The second-order valence-electron chi connectivity index (χ2n) is 8.30. The Kier molecular flexibility index (Phi) is 8.22. The molecule has 2 aliphatic heterocycles. The van der Waals surface area contributed by atoms with E-state index in [1.165, 1.54) is 25.9 Å². The molecular formula is C22H31Cl2N3O2. The molecule has 2 fully saturated rings. The lowest BCUT2D eigenvalue weighted by atomic mass is 9.99. The molecule has 0 spiro atoms. The minimum atomic E-state index is -0.430. The maximum atomic E-state index is 12.9. The summed E-state index contributed by atoms with van der Waals surface area (Å²) in [4.78, 5) is 29.7. The first-order valence-corrected chi connectivity index (χ1v) is 11.5. The standard InChI is InChI=1S/C22H31Cl2N3O2/c1-16-8-13-26(14-9-16)11-3-2-10-25-21(28)20-5-4-12-27(20)22(29)18-15-17(23)6-7-19(18)24/h6-7,15-16,20H,2-5,8-14H2,1H3,(H,25,28). The first-order chi connectivity index (χ1) is 14.0. The van der Waals surface area contributed by atoms with Crippen molar-refractivity contribution in [3.05, 3.63) is 33.8 Å². The predicted octanol–water partition coefficient (Wildman–Crippen LogP) is 4.23. The molecule has 2 aliphatic rings. The van der Waals surface area contributed by atoms with Gasteiger partial charge in [0.1, 0.15) is 6.04 Å². The van der Waals surface area contributed by atoms with Crippen molar-refractivity contribution in [3.63, 3.8) is 0 Å². The van der Waals surface area contributed by atoms with Crippen LogP contribution >= 0.6 is 23.2 Å². The fraction of sp³-hybridized carbons (Fsp3) is 0.636. The normalized spacial score (nSPS) is 20.8. The number of carbonyl (C=O) groups is 2. The van der Waals surface area contributed by atoms with Gasteiger partial charge in [-0.15, -0.1) is 0 Å². The zero-order chi connectivity index (χ0) is 20.8. The van der Waals surface area contributed by atoms with Gasteiger partial charge in [-0.1, -0.05) is 30.1 Å². The fourth-order valence-corrected chi connectivity index (χ4v) is 4.54. The Morgan fingerprint density at radius 1 is 1.10 bits per heavy atom. The summed E-state index contributed by atoms with van der Waals surface area (Å²) in [5.41, 5.74) is 0.356. The first-order valence-electron chi connectivity index (χ1n) is 10.7. The number of piperidine rings is 1. The Balaban J connectivity index is 1.44. The number of benzene rings is 1. The zero-order valence-corrected chi connectivity index (χ0v) is 18.6. The smallest absolute Gasteiger partial charge is 0.256 e. The Hall–Kier alpha value is -1.30. The van der Waals surface area contributed by atoms with Crippen LogP contribution in [-0.2, 0) is 4.79 Å². The van der Waals surface area contributed by atoms with Gasteiger partial charge in [0.2, 0.25) is 5.91 Å². The summed E-state index contributed by atoms with van der Waals surface area (Å²) in [6.45, 7) is 7.03. The average molecular weight is 440 g/mol. The minimum Gasteiger partial charge on any atom is -0.354 e. The van der Waals surface area contributed by atoms with Gasteiger partial charge in [0.05, 0.1) is 10.6 Å². The first kappa shape index (κ1) is 22.4. The summed E-state index contributed by atoms with van der Waals surface area (Å²) >= 11 is 12.2. The summed E-state index contributed by atoms with van der Waals surface area (Å²) in [6, 6.07) is 4.41. The number of nitrogens with zero attached hydrogens (tertiary/aromatic N) is 2. The molecule has 0 bridgehead atoms. The van der Waals surface area contributed by atoms with Gasteiger partial charge in [0.15, 0.2) is 0 Å². The van der Waals surface area contributed by atoms with Gasteiger partial charge in [-0.05, 0) is 82.3 Å². The van der Waals surface area contributed by atoms with Gasteiger partial charge in [-0.25, -0.2) is 0 Å². The lowest BCUT2D eigenvalue weighted by Gasteiger charge is -2.30. The van der Waals surface area contributed by atoms with E-state index in [4.69, 9.17) is 23.2 Å². The van der Waals surface area contributed by atoms with Gasteiger partial charge in [0.25, 0.3) is 5.91 Å². The predicted molar refractivity (Wildman–Crippen MR) is 118 cm³/mol. The second kappa shape index (κ2) is 10.6. The van der Waals surface area contributed by atoms with Crippen molar-refractivity contribution in [2.24, 2.45) is 5.92 Å². The molecule has 1 aromatic rings. The van der Waals surface area contributed by atoms with Crippen LogP contribution in [0.1, 0.15) is 55.8 Å². The summed E-state index contributed by atoms with van der Waals surface area (Å²) in [7, 11) is 0. The number of unbranched alkanes of at least 4 members (excludes halogenated alkanes) is 1. The topological polar surface area (TPSA) is 52.7 Å². The van der Waals surface area contributed by atoms with Crippen LogP contribution < -0.4 is 5.32 Å². The molecule has 2 saturated heterocycles. The SMILES string of the molecule is CC1CCN(CCCCNC(=O)C2CCCN2C(=O)c2cc(Cl)ccc2Cl)CC1. The molecule has 3 rings (SSSR count). The molecular weight excluding hydrogens is 409 g/mol. The lowest BCUT2D eigenvalue weighted by molar-refractivity contribution is -0.124. The van der Waals surface area contributed by atoms with E-state index in [1.54, 1.807) is 23.1 Å². The van der Waals surface area contributed by atoms with E-state index in [1.807, 2.05) is 0 Å². The van der Waals surface area contributed by atoms with Gasteiger partial charge in [-0.3, -0.25) is 9.59 Å². The van der Waals surface area contributed by atoms with Gasteiger partial charge in [0, 0.05) is 18.1 Å². The third kappa shape index (κ3) is 6.09. The highest BCUT2D eigenvalue weighted by molar-refractivity contribution is 6.35. The van der Waals surface area contributed by atoms with Crippen LogP contribution in [0, 0.1) is 5.92 Å². The van der Waals surface area contributed by atoms with Gasteiger partial charge < -0.3 is 15.1 Å². The molecule has 1 atom stereocenters. The second-order valence-corrected chi connectivity index (χ2v) is 9.15. The largest absolute Gasteiger partial charge is 0.354 e. The van der Waals surface area contributed by atoms with Crippen molar-refractivity contribution in [1.82, 2.24) is 15.1 Å². The summed E-state index contributed by atoms with van der Waals surface area (Å²) in [6.07, 6.45) is 6.12. The maximum Gasteiger partial charge on any atom is 0.256 e. The van der Waals surface area contributed by atoms with Crippen molar-refractivity contribution in [2.75, 3.05) is 32.7 Å². The van der Waals surface area contributed by atoms with E-state index in [0.717, 1.165) is 31.7 Å². The number of nitrogens with one attached hydrogen (secondary N) is 1. The Morgan fingerprint density at radius 2 is 1.86 bits per heavy atom. The van der Waals surface area contributed by atoms with Crippen molar-refractivity contribution in [2.45, 2.75) is 51.5 Å². The highest BCUT2D eigenvalue weighted by atomic mass is 35.5. The Bertz CT molecular complexity index is 720. The molecule has 0 radical (unpaired) electrons. The minimum absolute atomic E-state index is 0.0687. The molecule has 1 aromatic carbocycles. The third-order valence-electron chi connectivity index (χ3n) is 6.05. The Morgan fingerprint density at radius 3 is 2.62 bits per heavy atom. The number of likely N-dealkylation sites (tertiary alicyclic amines) is 2. The van der Waals surface area contributed by atoms with Crippen LogP contribution in [0.25, 0.3) is 0 Å². The fourth-order valence-electron chi connectivity index (χ4n) is 4.17. The number of rotatable bonds is 7. The molecule has 29 heavy (non-hydrogen) atoms. The number of amides is 2. The molecule has 0 aliphatic carbocycles. The summed E-state index contributed by atoms with van der Waals surface area (Å²) < 4.78 is 0. The van der Waals surface area contributed by atoms with Crippen molar-refractivity contribution < 1.29 is 9.59 Å². The highest BCUT2D eigenvalue weighted by Gasteiger charge is 2.35. The molecule has 0 saturated carbocycles. The third-order valence-corrected chi connectivity index (χ3v) is 6.62. The molecule has 2 heterocycles. The van der Waals surface area contributed by atoms with E-state index in [9.17, 15) is 9.59 Å². The quantitative estimate of drug-likeness (QED) is 0.646. The summed E-state index contributed by atoms with van der Waals surface area (Å²) in [5.74, 6) is 0.555. The van der Waals surface area contributed by atoms with E-state index in [-0.39, 0.29) is 11.8 Å². The number of hydrogen-bond donors (Lipinski definition) is 1. The molecule has 7 heteroatoms. The lowest BCUT2D eigenvalue weighted by Crippen LogP contribution is -2.46. The molecule has 1 N–H and O–H groups in total. The number of hydrogen-bond acceptors (Lipinski definition) is 3. The average Bonchev–Trinajstić information content (AvgIpc) is 3.20. The molecule has 0 aromatic heterocycles. The van der Waals surface area contributed by atoms with Crippen molar-refractivity contribution in [3.8, 4) is 0 Å². The van der Waals surface area contributed by atoms with Crippen LogP contribution in [0.15, 0.2) is 18.2 Å². The van der Waals surface area contributed by atoms with Crippen LogP contribution in [0.3, 0.4) is 0 Å². The zero-order valence-electron chi connectivity index (χ0n) is 17.1. The highest BCUT2D eigenvalue weighted by Crippen LogP contribution is 2.26. The van der Waals surface area contributed by atoms with Crippen LogP contribution in [0.2, 0.25) is 10.0 Å². The van der Waals surface area contributed by atoms with Gasteiger partial charge >= 0.3 is 0 Å². The van der Waals surface area contributed by atoms with E-state index >= 15 is 0 Å². The van der Waals surface area contributed by atoms with Gasteiger partial charge in [-0.2, -0.15) is 0 Å². The summed E-state index contributed by atoms with van der Waals surface area (Å²) in [5, 5.41) is 3.84. The van der Waals surface area contributed by atoms with E-state index in [0.29, 0.717) is 35.1 Å². The van der Waals surface area contributed by atoms with Crippen LogP contribution in [0.5, 0.6) is 0 Å². The molecule has 2 amide bonds. The molecule has 1 unspecified atom stereocenters. The Labute approximate surface area is 183 Å². The number of carbonyl (C=O) groups excluding carboxylic acids is 2.